The van der Waals surface area contributed by atoms with Crippen molar-refractivity contribution in [3.8, 4) is 0 Å². The van der Waals surface area contributed by atoms with Crippen LogP contribution >= 0.6 is 0 Å². The van der Waals surface area contributed by atoms with E-state index in [1.807, 2.05) is 0 Å². The highest BCUT2D eigenvalue weighted by atomic mass is 16.6. The number of piperazine rings is 1. The maximum absolute atomic E-state index is 12.2. The Labute approximate surface area is 126 Å². The van der Waals surface area contributed by atoms with Gasteiger partial charge in [0.05, 0.1) is 12.6 Å². The number of carbonyl (C=O) groups is 2. The van der Waals surface area contributed by atoms with Gasteiger partial charge in [0.2, 0.25) is 5.91 Å². The third-order valence-electron chi connectivity index (χ3n) is 4.17. The molecule has 120 valence electrons. The Morgan fingerprint density at radius 2 is 1.81 bits per heavy atom. The van der Waals surface area contributed by atoms with Gasteiger partial charge in [-0.15, -0.1) is 0 Å². The number of rotatable bonds is 6. The molecule has 2 fully saturated rings. The molecule has 1 aliphatic heterocycles. The van der Waals surface area contributed by atoms with Crippen LogP contribution in [0.5, 0.6) is 0 Å². The second-order valence-electron chi connectivity index (χ2n) is 6.07. The fraction of sp³-hybridized carbons (Fsp3) is 0.867. The van der Waals surface area contributed by atoms with Crippen LogP contribution in [-0.4, -0.2) is 60.6 Å². The molecule has 2 N–H and O–H groups in total. The van der Waals surface area contributed by atoms with Gasteiger partial charge in [0.15, 0.2) is 0 Å². The van der Waals surface area contributed by atoms with E-state index in [1.165, 1.54) is 12.8 Å². The van der Waals surface area contributed by atoms with Gasteiger partial charge in [0, 0.05) is 26.2 Å². The van der Waals surface area contributed by atoms with Gasteiger partial charge in [0.1, 0.15) is 0 Å². The molecule has 6 nitrogen and oxygen atoms in total. The van der Waals surface area contributed by atoms with E-state index < -0.39 is 0 Å². The number of ether oxygens (including phenoxy) is 1. The van der Waals surface area contributed by atoms with E-state index in [0.29, 0.717) is 38.7 Å². The lowest BCUT2D eigenvalue weighted by Gasteiger charge is -2.35. The summed E-state index contributed by atoms with van der Waals surface area (Å²) >= 11 is 0. The van der Waals surface area contributed by atoms with Crippen molar-refractivity contribution in [3.05, 3.63) is 0 Å². The normalized spacial score (nSPS) is 20.3. The predicted molar refractivity (Wildman–Crippen MR) is 79.7 cm³/mol. The lowest BCUT2D eigenvalue weighted by atomic mass is 10.1. The summed E-state index contributed by atoms with van der Waals surface area (Å²) in [5.41, 5.74) is 5.97. The second-order valence-corrected chi connectivity index (χ2v) is 6.07. The maximum atomic E-state index is 12.2. The van der Waals surface area contributed by atoms with Crippen molar-refractivity contribution in [1.29, 1.82) is 0 Å². The quantitative estimate of drug-likeness (QED) is 0.747. The fourth-order valence-corrected chi connectivity index (χ4v) is 2.55. The van der Waals surface area contributed by atoms with Gasteiger partial charge in [-0.3, -0.25) is 4.79 Å². The lowest BCUT2D eigenvalue weighted by molar-refractivity contribution is -0.134. The molecule has 0 aromatic heterocycles. The van der Waals surface area contributed by atoms with Crippen molar-refractivity contribution >= 4 is 12.0 Å². The molecule has 1 aliphatic carbocycles. The minimum atomic E-state index is -0.374. The fourth-order valence-electron chi connectivity index (χ4n) is 2.55. The van der Waals surface area contributed by atoms with Crippen molar-refractivity contribution in [1.82, 2.24) is 9.80 Å². The number of hydrogen-bond donors (Lipinski definition) is 1. The van der Waals surface area contributed by atoms with Crippen molar-refractivity contribution in [2.75, 3.05) is 32.8 Å². The molecule has 2 aliphatic rings. The minimum absolute atomic E-state index is 0.0286. The van der Waals surface area contributed by atoms with Gasteiger partial charge < -0.3 is 20.3 Å². The zero-order valence-corrected chi connectivity index (χ0v) is 12.9. The molecule has 21 heavy (non-hydrogen) atoms. The second kappa shape index (κ2) is 7.64. The summed E-state index contributed by atoms with van der Waals surface area (Å²) in [5.74, 6) is 0.680. The molecule has 2 amide bonds. The van der Waals surface area contributed by atoms with Gasteiger partial charge in [-0.05, 0) is 18.8 Å². The van der Waals surface area contributed by atoms with Crippen LogP contribution in [0.15, 0.2) is 0 Å². The molecule has 6 heteroatoms. The summed E-state index contributed by atoms with van der Waals surface area (Å²) in [7, 11) is 0. The zero-order valence-electron chi connectivity index (χ0n) is 12.9. The summed E-state index contributed by atoms with van der Waals surface area (Å²) in [5, 5.41) is 0. The smallest absolute Gasteiger partial charge is 0.409 e. The maximum Gasteiger partial charge on any atom is 0.409 e. The number of unbranched alkanes of at least 4 members (excludes halogenated alkanes) is 1. The SMILES string of the molecule is CCCCOC(=O)N1CCN(C(=O)C(N)CC2CC2)CC1. The Hall–Kier alpha value is -1.30. The largest absolute Gasteiger partial charge is 0.449 e. The van der Waals surface area contributed by atoms with Gasteiger partial charge in [0.25, 0.3) is 0 Å². The first-order valence-corrected chi connectivity index (χ1v) is 8.08. The van der Waals surface area contributed by atoms with Crippen LogP contribution in [0, 0.1) is 5.92 Å². The Bertz CT molecular complexity index is 363. The zero-order chi connectivity index (χ0) is 15.2. The van der Waals surface area contributed by atoms with Crippen molar-refractivity contribution in [2.45, 2.75) is 45.1 Å². The summed E-state index contributed by atoms with van der Waals surface area (Å²) in [6.45, 7) is 4.71. The summed E-state index contributed by atoms with van der Waals surface area (Å²) in [4.78, 5) is 27.5. The summed E-state index contributed by atoms with van der Waals surface area (Å²) in [6, 6.07) is -0.374. The molecule has 1 saturated carbocycles. The Kier molecular flexibility index (Phi) is 5.85. The number of carbonyl (C=O) groups excluding carboxylic acids is 2. The third kappa shape index (κ3) is 4.88. The number of hydrogen-bond acceptors (Lipinski definition) is 4. The van der Waals surface area contributed by atoms with Crippen LogP contribution in [0.1, 0.15) is 39.0 Å². The van der Waals surface area contributed by atoms with E-state index in [0.717, 1.165) is 19.3 Å². The standard InChI is InChI=1S/C15H27N3O3/c1-2-3-10-21-15(20)18-8-6-17(7-9-18)14(19)13(16)11-12-4-5-12/h12-13H,2-11,16H2,1H3. The van der Waals surface area contributed by atoms with Gasteiger partial charge >= 0.3 is 6.09 Å². The predicted octanol–water partition coefficient (Wildman–Crippen LogP) is 1.19. The number of nitrogens with zero attached hydrogens (tertiary/aromatic N) is 2. The molecule has 2 rings (SSSR count). The monoisotopic (exact) mass is 297 g/mol. The Morgan fingerprint density at radius 1 is 1.19 bits per heavy atom. The Morgan fingerprint density at radius 3 is 2.38 bits per heavy atom. The molecule has 1 heterocycles. The van der Waals surface area contributed by atoms with Crippen molar-refractivity contribution in [3.63, 3.8) is 0 Å². The number of nitrogens with two attached hydrogens (primary N) is 1. The Balaban J connectivity index is 1.69. The molecule has 0 bridgehead atoms. The van der Waals surface area contributed by atoms with Gasteiger partial charge in [-0.1, -0.05) is 26.2 Å². The van der Waals surface area contributed by atoms with E-state index in [4.69, 9.17) is 10.5 Å². The molecule has 0 spiro atoms. The topological polar surface area (TPSA) is 75.9 Å². The van der Waals surface area contributed by atoms with E-state index in [1.54, 1.807) is 9.80 Å². The average Bonchev–Trinajstić information content (AvgIpc) is 3.30. The summed E-state index contributed by atoms with van der Waals surface area (Å²) in [6.07, 6.45) is 4.85. The molecule has 1 saturated heterocycles. The first kappa shape index (κ1) is 16.1. The van der Waals surface area contributed by atoms with Crippen LogP contribution in [0.25, 0.3) is 0 Å². The van der Waals surface area contributed by atoms with Crippen LogP contribution in [-0.2, 0) is 9.53 Å². The molecule has 1 atom stereocenters. The van der Waals surface area contributed by atoms with Crippen LogP contribution in [0.3, 0.4) is 0 Å². The highest BCUT2D eigenvalue weighted by molar-refractivity contribution is 5.82. The number of amides is 2. The first-order chi connectivity index (χ1) is 10.1. The summed E-state index contributed by atoms with van der Waals surface area (Å²) < 4.78 is 5.18. The first-order valence-electron chi connectivity index (χ1n) is 8.08. The van der Waals surface area contributed by atoms with Crippen molar-refractivity contribution in [2.24, 2.45) is 11.7 Å². The lowest BCUT2D eigenvalue weighted by Crippen LogP contribution is -2.54. The van der Waals surface area contributed by atoms with E-state index >= 15 is 0 Å². The van der Waals surface area contributed by atoms with Crippen LogP contribution in [0.4, 0.5) is 4.79 Å². The molecule has 0 aromatic rings. The third-order valence-corrected chi connectivity index (χ3v) is 4.17. The minimum Gasteiger partial charge on any atom is -0.449 e. The molecular weight excluding hydrogens is 270 g/mol. The van der Waals surface area contributed by atoms with Gasteiger partial charge in [-0.2, -0.15) is 0 Å². The molecule has 0 aromatic carbocycles. The highest BCUT2D eigenvalue weighted by Gasteiger charge is 2.31. The van der Waals surface area contributed by atoms with Gasteiger partial charge in [-0.25, -0.2) is 4.79 Å². The highest BCUT2D eigenvalue weighted by Crippen LogP contribution is 2.33. The molecule has 1 unspecified atom stereocenters. The van der Waals surface area contributed by atoms with E-state index in [-0.39, 0.29) is 18.0 Å². The molecule has 0 radical (unpaired) electrons. The molecular formula is C15H27N3O3. The van der Waals surface area contributed by atoms with E-state index in [9.17, 15) is 9.59 Å². The van der Waals surface area contributed by atoms with E-state index in [2.05, 4.69) is 6.92 Å². The van der Waals surface area contributed by atoms with Crippen molar-refractivity contribution < 1.29 is 14.3 Å². The average molecular weight is 297 g/mol. The van der Waals surface area contributed by atoms with Crippen LogP contribution < -0.4 is 5.73 Å². The van der Waals surface area contributed by atoms with Crippen LogP contribution in [0.2, 0.25) is 0 Å².